The molecule has 2 unspecified atom stereocenters. The zero-order valence-corrected chi connectivity index (χ0v) is 19.7. The Morgan fingerprint density at radius 1 is 1.00 bits per heavy atom. The molecule has 1 fully saturated rings. The van der Waals surface area contributed by atoms with Crippen LogP contribution in [-0.2, 0) is 17.8 Å². The van der Waals surface area contributed by atoms with E-state index in [0.717, 1.165) is 43.8 Å². The van der Waals surface area contributed by atoms with E-state index >= 15 is 0 Å². The molecule has 1 aliphatic rings. The van der Waals surface area contributed by atoms with Crippen molar-refractivity contribution >= 4 is 5.91 Å². The van der Waals surface area contributed by atoms with Crippen LogP contribution in [0.15, 0.2) is 78.9 Å². The van der Waals surface area contributed by atoms with E-state index in [9.17, 15) is 4.79 Å². The number of amides is 1. The molecule has 4 nitrogen and oxygen atoms in total. The number of likely N-dealkylation sites (tertiary alicyclic amines) is 1. The second-order valence-electron chi connectivity index (χ2n) is 9.08. The van der Waals surface area contributed by atoms with Crippen LogP contribution in [0.2, 0.25) is 0 Å². The summed E-state index contributed by atoms with van der Waals surface area (Å²) in [5.74, 6) is 1.36. The third-order valence-electron chi connectivity index (χ3n) is 6.55. The fourth-order valence-corrected chi connectivity index (χ4v) is 4.89. The number of hydrogen-bond acceptors (Lipinski definition) is 3. The summed E-state index contributed by atoms with van der Waals surface area (Å²) in [4.78, 5) is 15.7. The minimum Gasteiger partial charge on any atom is -0.496 e. The normalized spacial score (nSPS) is 18.6. The van der Waals surface area contributed by atoms with Gasteiger partial charge in [-0.2, -0.15) is 0 Å². The average Bonchev–Trinajstić information content (AvgIpc) is 2.84. The Balaban J connectivity index is 1.43. The lowest BCUT2D eigenvalue weighted by molar-refractivity contribution is -0.127. The number of carbonyl (C=O) groups is 1. The maximum absolute atomic E-state index is 13.2. The molecular formula is C29H34N2O2. The van der Waals surface area contributed by atoms with Gasteiger partial charge in [-0.05, 0) is 48.4 Å². The number of aryl methyl sites for hydroxylation is 1. The standard InChI is InChI=1S/C29H34N2O2/c1-22-9-8-13-25(17-22)26-18-27(21-31(20-26)19-23-10-4-3-5-11-23)29(32)30-16-15-24-12-6-7-14-28(24)33-2/h3-14,17,26-27H,15-16,18-21H2,1-2H3,(H,30,32). The number of nitrogens with zero attached hydrogens (tertiary/aromatic N) is 1. The monoisotopic (exact) mass is 442 g/mol. The Morgan fingerprint density at radius 2 is 1.79 bits per heavy atom. The molecule has 1 amide bonds. The van der Waals surface area contributed by atoms with Crippen LogP contribution in [0.1, 0.15) is 34.6 Å². The second-order valence-corrected chi connectivity index (χ2v) is 9.08. The van der Waals surface area contributed by atoms with E-state index in [4.69, 9.17) is 4.74 Å². The van der Waals surface area contributed by atoms with Gasteiger partial charge in [0.2, 0.25) is 5.91 Å². The van der Waals surface area contributed by atoms with E-state index in [1.807, 2.05) is 24.3 Å². The quantitative estimate of drug-likeness (QED) is 0.536. The number of para-hydroxylation sites is 1. The van der Waals surface area contributed by atoms with Crippen molar-refractivity contribution < 1.29 is 9.53 Å². The van der Waals surface area contributed by atoms with Gasteiger partial charge in [0.1, 0.15) is 5.75 Å². The summed E-state index contributed by atoms with van der Waals surface area (Å²) in [6.07, 6.45) is 1.65. The summed E-state index contributed by atoms with van der Waals surface area (Å²) in [7, 11) is 1.69. The van der Waals surface area contributed by atoms with Crippen LogP contribution in [0, 0.1) is 12.8 Å². The van der Waals surface area contributed by atoms with Gasteiger partial charge in [0.25, 0.3) is 0 Å². The lowest BCUT2D eigenvalue weighted by Gasteiger charge is -2.37. The van der Waals surface area contributed by atoms with E-state index in [-0.39, 0.29) is 11.8 Å². The highest BCUT2D eigenvalue weighted by Gasteiger charge is 2.32. The molecule has 2 atom stereocenters. The molecule has 4 heteroatoms. The van der Waals surface area contributed by atoms with Crippen molar-refractivity contribution in [1.82, 2.24) is 10.2 Å². The summed E-state index contributed by atoms with van der Waals surface area (Å²) in [6, 6.07) is 27.3. The molecule has 1 saturated heterocycles. The first kappa shape index (κ1) is 23.1. The fourth-order valence-electron chi connectivity index (χ4n) is 4.89. The van der Waals surface area contributed by atoms with E-state index in [1.165, 1.54) is 16.7 Å². The molecule has 172 valence electrons. The van der Waals surface area contributed by atoms with Crippen molar-refractivity contribution in [3.63, 3.8) is 0 Å². The number of nitrogens with one attached hydrogen (secondary N) is 1. The first-order valence-electron chi connectivity index (χ1n) is 11.8. The predicted octanol–water partition coefficient (Wildman–Crippen LogP) is 4.97. The highest BCUT2D eigenvalue weighted by atomic mass is 16.5. The topological polar surface area (TPSA) is 41.6 Å². The van der Waals surface area contributed by atoms with Crippen molar-refractivity contribution in [1.29, 1.82) is 0 Å². The van der Waals surface area contributed by atoms with Crippen LogP contribution < -0.4 is 10.1 Å². The minimum absolute atomic E-state index is 0.0226. The van der Waals surface area contributed by atoms with Crippen molar-refractivity contribution in [2.45, 2.75) is 32.2 Å². The molecule has 0 radical (unpaired) electrons. The van der Waals surface area contributed by atoms with Crippen molar-refractivity contribution in [3.8, 4) is 5.75 Å². The molecule has 0 aromatic heterocycles. The van der Waals surface area contributed by atoms with Gasteiger partial charge >= 0.3 is 0 Å². The van der Waals surface area contributed by atoms with E-state index in [0.29, 0.717) is 12.5 Å². The maximum Gasteiger partial charge on any atom is 0.224 e. The largest absolute Gasteiger partial charge is 0.496 e. The molecule has 3 aromatic carbocycles. The SMILES string of the molecule is COc1ccccc1CCNC(=O)C1CC(c2cccc(C)c2)CN(Cc2ccccc2)C1. The summed E-state index contributed by atoms with van der Waals surface area (Å²) in [5, 5.41) is 3.20. The summed E-state index contributed by atoms with van der Waals surface area (Å²) < 4.78 is 5.44. The van der Waals surface area contributed by atoms with Crippen LogP contribution in [0.3, 0.4) is 0 Å². The number of carbonyl (C=O) groups excluding carboxylic acids is 1. The van der Waals surface area contributed by atoms with Crippen molar-refractivity contribution in [3.05, 3.63) is 101 Å². The molecule has 0 saturated carbocycles. The van der Waals surface area contributed by atoms with Crippen LogP contribution in [0.4, 0.5) is 0 Å². The zero-order chi connectivity index (χ0) is 23.0. The minimum atomic E-state index is -0.0226. The molecule has 1 heterocycles. The van der Waals surface area contributed by atoms with Crippen molar-refractivity contribution in [2.75, 3.05) is 26.7 Å². The number of ether oxygens (including phenoxy) is 1. The molecule has 0 aliphatic carbocycles. The molecule has 4 rings (SSSR count). The summed E-state index contributed by atoms with van der Waals surface area (Å²) in [6.45, 7) is 5.38. The highest BCUT2D eigenvalue weighted by molar-refractivity contribution is 5.79. The first-order chi connectivity index (χ1) is 16.1. The molecular weight excluding hydrogens is 408 g/mol. The van der Waals surface area contributed by atoms with Crippen LogP contribution >= 0.6 is 0 Å². The van der Waals surface area contributed by atoms with E-state index in [1.54, 1.807) is 7.11 Å². The molecule has 1 N–H and O–H groups in total. The van der Waals surface area contributed by atoms with Gasteiger partial charge in [-0.1, -0.05) is 78.4 Å². The maximum atomic E-state index is 13.2. The molecule has 3 aromatic rings. The van der Waals surface area contributed by atoms with E-state index < -0.39 is 0 Å². The third-order valence-corrected chi connectivity index (χ3v) is 6.55. The first-order valence-corrected chi connectivity index (χ1v) is 11.8. The number of benzene rings is 3. The summed E-state index contributed by atoms with van der Waals surface area (Å²) >= 11 is 0. The van der Waals surface area contributed by atoms with Gasteiger partial charge in [-0.15, -0.1) is 0 Å². The Morgan fingerprint density at radius 3 is 2.58 bits per heavy atom. The molecule has 0 bridgehead atoms. The van der Waals surface area contributed by atoms with Gasteiger partial charge in [0.15, 0.2) is 0 Å². The number of piperidine rings is 1. The Kier molecular flexibility index (Phi) is 7.79. The van der Waals surface area contributed by atoms with Gasteiger partial charge in [0, 0.05) is 26.2 Å². The van der Waals surface area contributed by atoms with Crippen LogP contribution in [0.25, 0.3) is 0 Å². The molecule has 0 spiro atoms. The fraction of sp³-hybridized carbons (Fsp3) is 0.345. The van der Waals surface area contributed by atoms with Gasteiger partial charge in [0.05, 0.1) is 13.0 Å². The number of rotatable bonds is 8. The predicted molar refractivity (Wildman–Crippen MR) is 133 cm³/mol. The van der Waals surface area contributed by atoms with Crippen LogP contribution in [-0.4, -0.2) is 37.6 Å². The number of methoxy groups -OCH3 is 1. The average molecular weight is 443 g/mol. The van der Waals surface area contributed by atoms with Gasteiger partial charge in [-0.3, -0.25) is 9.69 Å². The summed E-state index contributed by atoms with van der Waals surface area (Å²) in [5.41, 5.74) is 5.01. The van der Waals surface area contributed by atoms with Gasteiger partial charge in [-0.25, -0.2) is 0 Å². The Hall–Kier alpha value is -3.11. The molecule has 1 aliphatic heterocycles. The second kappa shape index (κ2) is 11.2. The number of hydrogen-bond donors (Lipinski definition) is 1. The smallest absolute Gasteiger partial charge is 0.224 e. The van der Waals surface area contributed by atoms with Crippen molar-refractivity contribution in [2.24, 2.45) is 5.92 Å². The lowest BCUT2D eigenvalue weighted by atomic mass is 9.83. The van der Waals surface area contributed by atoms with Crippen LogP contribution in [0.5, 0.6) is 5.75 Å². The van der Waals surface area contributed by atoms with Gasteiger partial charge < -0.3 is 10.1 Å². The lowest BCUT2D eigenvalue weighted by Crippen LogP contribution is -2.45. The van der Waals surface area contributed by atoms with E-state index in [2.05, 4.69) is 71.7 Å². The molecule has 33 heavy (non-hydrogen) atoms. The Bertz CT molecular complexity index is 1050. The third kappa shape index (κ3) is 6.23. The highest BCUT2D eigenvalue weighted by Crippen LogP contribution is 2.32. The Labute approximate surface area is 197 Å². The zero-order valence-electron chi connectivity index (χ0n) is 19.7.